The summed E-state index contributed by atoms with van der Waals surface area (Å²) in [5.41, 5.74) is -0.0797. The Balaban J connectivity index is 3.03. The van der Waals surface area contributed by atoms with Crippen molar-refractivity contribution in [3.63, 3.8) is 0 Å². The van der Waals surface area contributed by atoms with Gasteiger partial charge in [-0.2, -0.15) is 0 Å². The van der Waals surface area contributed by atoms with E-state index in [2.05, 4.69) is 5.32 Å². The maximum atomic E-state index is 13.6. The Kier molecular flexibility index (Phi) is 5.43. The highest BCUT2D eigenvalue weighted by Gasteiger charge is 2.27. The van der Waals surface area contributed by atoms with E-state index in [-0.39, 0.29) is 12.0 Å². The summed E-state index contributed by atoms with van der Waals surface area (Å²) in [5.74, 6) is -1.30. The van der Waals surface area contributed by atoms with Crippen LogP contribution < -0.4 is 5.32 Å². The van der Waals surface area contributed by atoms with E-state index in [1.54, 1.807) is 6.92 Å². The van der Waals surface area contributed by atoms with Crippen LogP contribution in [-0.2, 0) is 16.3 Å². The van der Waals surface area contributed by atoms with Crippen LogP contribution >= 0.6 is 0 Å². The van der Waals surface area contributed by atoms with Gasteiger partial charge in [-0.3, -0.25) is 0 Å². The zero-order valence-corrected chi connectivity index (χ0v) is 12.1. The number of halogens is 2. The van der Waals surface area contributed by atoms with E-state index in [1.165, 1.54) is 18.2 Å². The molecule has 19 heavy (non-hydrogen) atoms. The molecule has 0 aliphatic rings. The van der Waals surface area contributed by atoms with Gasteiger partial charge in [0.25, 0.3) is 0 Å². The van der Waals surface area contributed by atoms with Crippen molar-refractivity contribution in [2.75, 3.05) is 12.8 Å². The summed E-state index contributed by atoms with van der Waals surface area (Å²) < 4.78 is 50.3. The van der Waals surface area contributed by atoms with E-state index in [1.807, 2.05) is 6.92 Å². The van der Waals surface area contributed by atoms with Gasteiger partial charge in [0, 0.05) is 17.9 Å². The zero-order chi connectivity index (χ0) is 14.6. The Hall–Kier alpha value is -1.01. The number of hydrogen-bond donors (Lipinski definition) is 1. The molecule has 0 aliphatic carbocycles. The number of likely N-dealkylation sites (N-methyl/N-ethyl adjacent to an activating group) is 1. The Morgan fingerprint density at radius 1 is 1.26 bits per heavy atom. The van der Waals surface area contributed by atoms with Crippen molar-refractivity contribution in [2.24, 2.45) is 0 Å². The van der Waals surface area contributed by atoms with Gasteiger partial charge in [-0.05, 0) is 32.0 Å². The van der Waals surface area contributed by atoms with Crippen LogP contribution in [0.4, 0.5) is 8.78 Å². The minimum absolute atomic E-state index is 0.000579. The van der Waals surface area contributed by atoms with Gasteiger partial charge in [-0.15, -0.1) is 0 Å². The molecule has 2 atom stereocenters. The average Bonchev–Trinajstić information content (AvgIpc) is 2.30. The highest BCUT2D eigenvalue weighted by atomic mass is 32.2. The van der Waals surface area contributed by atoms with Crippen LogP contribution in [-0.4, -0.2) is 32.5 Å². The molecule has 0 radical (unpaired) electrons. The molecule has 0 amide bonds. The van der Waals surface area contributed by atoms with Gasteiger partial charge in [-0.1, -0.05) is 13.0 Å². The first kappa shape index (κ1) is 16.0. The fourth-order valence-corrected chi connectivity index (χ4v) is 2.70. The van der Waals surface area contributed by atoms with Crippen LogP contribution in [0.3, 0.4) is 0 Å². The molecule has 0 saturated carbocycles. The number of sulfone groups is 1. The molecule has 1 N–H and O–H groups in total. The van der Waals surface area contributed by atoms with Crippen LogP contribution in [0.15, 0.2) is 18.2 Å². The normalized spacial score (nSPS) is 15.2. The molecule has 1 aromatic carbocycles. The van der Waals surface area contributed by atoms with Gasteiger partial charge in [0.2, 0.25) is 0 Å². The number of hydrogen-bond acceptors (Lipinski definition) is 3. The number of benzene rings is 1. The highest BCUT2D eigenvalue weighted by molar-refractivity contribution is 7.91. The molecule has 0 aromatic heterocycles. The lowest BCUT2D eigenvalue weighted by Gasteiger charge is -2.24. The third-order valence-corrected chi connectivity index (χ3v) is 4.87. The van der Waals surface area contributed by atoms with Crippen molar-refractivity contribution in [1.29, 1.82) is 0 Å². The van der Waals surface area contributed by atoms with Crippen LogP contribution in [0, 0.1) is 11.6 Å². The first-order valence-electron chi connectivity index (χ1n) is 6.12. The lowest BCUT2D eigenvalue weighted by molar-refractivity contribution is 0.469. The fraction of sp³-hybridized carbons (Fsp3) is 0.538. The molecule has 6 heteroatoms. The zero-order valence-electron chi connectivity index (χ0n) is 11.3. The number of rotatable bonds is 6. The largest absolute Gasteiger partial charge is 0.313 e. The van der Waals surface area contributed by atoms with Crippen molar-refractivity contribution in [1.82, 2.24) is 5.32 Å². The predicted molar refractivity (Wildman–Crippen MR) is 71.8 cm³/mol. The maximum absolute atomic E-state index is 13.6. The number of nitrogens with one attached hydrogen (secondary N) is 1. The van der Waals surface area contributed by atoms with Crippen LogP contribution in [0.1, 0.15) is 19.4 Å². The van der Waals surface area contributed by atoms with Crippen LogP contribution in [0.5, 0.6) is 0 Å². The minimum Gasteiger partial charge on any atom is -0.313 e. The summed E-state index contributed by atoms with van der Waals surface area (Å²) in [7, 11) is -3.28. The lowest BCUT2D eigenvalue weighted by atomic mass is 10.0. The summed E-state index contributed by atoms with van der Waals surface area (Å²) in [6.45, 7) is 3.89. The third kappa shape index (κ3) is 4.24. The van der Waals surface area contributed by atoms with Crippen molar-refractivity contribution in [3.05, 3.63) is 35.4 Å². The smallest absolute Gasteiger partial charge is 0.151 e. The van der Waals surface area contributed by atoms with Crippen LogP contribution in [0.25, 0.3) is 0 Å². The molecule has 108 valence electrons. The van der Waals surface area contributed by atoms with Crippen LogP contribution in [0.2, 0.25) is 0 Å². The van der Waals surface area contributed by atoms with E-state index in [9.17, 15) is 17.2 Å². The van der Waals surface area contributed by atoms with Gasteiger partial charge < -0.3 is 5.32 Å². The maximum Gasteiger partial charge on any atom is 0.151 e. The molecule has 3 nitrogen and oxygen atoms in total. The molecule has 0 heterocycles. The molecule has 2 unspecified atom stereocenters. The third-order valence-electron chi connectivity index (χ3n) is 3.19. The molecule has 0 fully saturated rings. The summed E-state index contributed by atoms with van der Waals surface area (Å²) in [6, 6.07) is 3.11. The summed E-state index contributed by atoms with van der Waals surface area (Å²) in [4.78, 5) is 0. The molecule has 0 aliphatic heterocycles. The Bertz CT molecular complexity index is 511. The predicted octanol–water partition coefficient (Wildman–Crippen LogP) is 1.92. The molecular formula is C13H19F2NO2S. The van der Waals surface area contributed by atoms with Gasteiger partial charge in [0.15, 0.2) is 9.84 Å². The molecule has 0 saturated heterocycles. The van der Waals surface area contributed by atoms with Crippen molar-refractivity contribution < 1.29 is 17.2 Å². The summed E-state index contributed by atoms with van der Waals surface area (Å²) in [5, 5.41) is 2.26. The standard InChI is InChI=1S/C13H19F2NO2S/c1-4-16-13(9(2)19(3,17)18)8-10-11(14)6-5-7-12(10)15/h5-7,9,13,16H,4,8H2,1-3H3. The first-order chi connectivity index (χ1) is 8.77. The minimum atomic E-state index is -3.28. The first-order valence-corrected chi connectivity index (χ1v) is 8.08. The van der Waals surface area contributed by atoms with Crippen molar-refractivity contribution in [2.45, 2.75) is 31.6 Å². The molecular weight excluding hydrogens is 272 g/mol. The summed E-state index contributed by atoms with van der Waals surface area (Å²) >= 11 is 0. The van der Waals surface area contributed by atoms with Crippen molar-refractivity contribution in [3.8, 4) is 0 Å². The Labute approximate surface area is 112 Å². The second-order valence-electron chi connectivity index (χ2n) is 4.60. The topological polar surface area (TPSA) is 46.2 Å². The SMILES string of the molecule is CCNC(Cc1c(F)cccc1F)C(C)S(C)(=O)=O. The van der Waals surface area contributed by atoms with Crippen molar-refractivity contribution >= 4 is 9.84 Å². The second-order valence-corrected chi connectivity index (χ2v) is 7.01. The monoisotopic (exact) mass is 291 g/mol. The van der Waals surface area contributed by atoms with E-state index in [4.69, 9.17) is 0 Å². The molecule has 0 bridgehead atoms. The Morgan fingerprint density at radius 2 is 1.79 bits per heavy atom. The fourth-order valence-electron chi connectivity index (χ4n) is 1.91. The molecule has 1 rings (SSSR count). The van der Waals surface area contributed by atoms with E-state index >= 15 is 0 Å². The van der Waals surface area contributed by atoms with Gasteiger partial charge in [-0.25, -0.2) is 17.2 Å². The summed E-state index contributed by atoms with van der Waals surface area (Å²) in [6.07, 6.45) is 1.13. The van der Waals surface area contributed by atoms with E-state index in [0.29, 0.717) is 6.54 Å². The lowest BCUT2D eigenvalue weighted by Crippen LogP contribution is -2.44. The molecule has 0 spiro atoms. The quantitative estimate of drug-likeness (QED) is 0.871. The molecule has 1 aromatic rings. The van der Waals surface area contributed by atoms with Gasteiger partial charge in [0.05, 0.1) is 5.25 Å². The van der Waals surface area contributed by atoms with Gasteiger partial charge >= 0.3 is 0 Å². The van der Waals surface area contributed by atoms with E-state index < -0.39 is 32.8 Å². The van der Waals surface area contributed by atoms with Gasteiger partial charge in [0.1, 0.15) is 11.6 Å². The second kappa shape index (κ2) is 6.43. The highest BCUT2D eigenvalue weighted by Crippen LogP contribution is 2.17. The average molecular weight is 291 g/mol. The van der Waals surface area contributed by atoms with E-state index in [0.717, 1.165) is 6.26 Å². The Morgan fingerprint density at radius 3 is 2.21 bits per heavy atom.